The van der Waals surface area contributed by atoms with Crippen LogP contribution >= 0.6 is 0 Å². The minimum atomic E-state index is -0.777. The average molecular weight is 292 g/mol. The number of aryl methyl sites for hydroxylation is 2. The number of benzene rings is 1. The van der Waals surface area contributed by atoms with Gasteiger partial charge in [0.2, 0.25) is 0 Å². The Kier molecular flexibility index (Phi) is 5.01. The highest BCUT2D eigenvalue weighted by atomic mass is 16.5. The van der Waals surface area contributed by atoms with Crippen LogP contribution in [0.15, 0.2) is 12.1 Å². The summed E-state index contributed by atoms with van der Waals surface area (Å²) < 4.78 is 16.7. The molecule has 1 saturated heterocycles. The molecule has 116 valence electrons. The molecule has 1 aliphatic rings. The van der Waals surface area contributed by atoms with E-state index in [2.05, 4.69) is 0 Å². The number of Topliss-reactive ketones (excluding diaryl/α,β-unsaturated/α-hetero) is 1. The van der Waals surface area contributed by atoms with Crippen molar-refractivity contribution < 1.29 is 19.0 Å². The fraction of sp³-hybridized carbons (Fsp3) is 0.588. The fourth-order valence-corrected chi connectivity index (χ4v) is 3.02. The Labute approximate surface area is 126 Å². The molecule has 21 heavy (non-hydrogen) atoms. The van der Waals surface area contributed by atoms with Crippen molar-refractivity contribution in [3.63, 3.8) is 0 Å². The third-order valence-corrected chi connectivity index (χ3v) is 4.03. The van der Waals surface area contributed by atoms with Gasteiger partial charge in [0.25, 0.3) is 0 Å². The standard InChI is InChI=1S/C17H24O4/c1-5-21-17(6-8-20-9-7-17)16(18)15-13(3)10-12(2)11-14(15)19-4/h10-11H,5-9H2,1-4H3. The van der Waals surface area contributed by atoms with Gasteiger partial charge in [-0.3, -0.25) is 4.79 Å². The van der Waals surface area contributed by atoms with Gasteiger partial charge in [-0.1, -0.05) is 6.07 Å². The molecule has 0 N–H and O–H groups in total. The Morgan fingerprint density at radius 1 is 1.29 bits per heavy atom. The number of ketones is 1. The van der Waals surface area contributed by atoms with Gasteiger partial charge in [-0.25, -0.2) is 0 Å². The number of hydrogen-bond donors (Lipinski definition) is 0. The van der Waals surface area contributed by atoms with Crippen LogP contribution < -0.4 is 4.74 Å². The molecule has 0 spiro atoms. The van der Waals surface area contributed by atoms with E-state index in [1.807, 2.05) is 32.9 Å². The minimum Gasteiger partial charge on any atom is -0.496 e. The van der Waals surface area contributed by atoms with E-state index in [9.17, 15) is 4.79 Å². The molecule has 4 heteroatoms. The number of carbonyl (C=O) groups is 1. The minimum absolute atomic E-state index is 0.0157. The van der Waals surface area contributed by atoms with Crippen LogP contribution in [0.4, 0.5) is 0 Å². The summed E-state index contributed by atoms with van der Waals surface area (Å²) in [4.78, 5) is 13.2. The van der Waals surface area contributed by atoms with Crippen molar-refractivity contribution in [3.8, 4) is 5.75 Å². The van der Waals surface area contributed by atoms with Crippen molar-refractivity contribution in [1.29, 1.82) is 0 Å². The summed E-state index contributed by atoms with van der Waals surface area (Å²) in [6, 6.07) is 3.91. The summed E-state index contributed by atoms with van der Waals surface area (Å²) in [5.74, 6) is 0.644. The summed E-state index contributed by atoms with van der Waals surface area (Å²) in [6.07, 6.45) is 1.19. The molecule has 0 aliphatic carbocycles. The third-order valence-electron chi connectivity index (χ3n) is 4.03. The van der Waals surface area contributed by atoms with Crippen molar-refractivity contribution in [2.24, 2.45) is 0 Å². The number of rotatable bonds is 5. The molecule has 1 aromatic rings. The molecule has 1 fully saturated rings. The Morgan fingerprint density at radius 3 is 2.52 bits per heavy atom. The molecule has 1 aliphatic heterocycles. The van der Waals surface area contributed by atoms with Gasteiger partial charge in [0.05, 0.1) is 12.7 Å². The first-order chi connectivity index (χ1) is 10.0. The number of hydrogen-bond acceptors (Lipinski definition) is 4. The van der Waals surface area contributed by atoms with E-state index in [1.54, 1.807) is 7.11 Å². The van der Waals surface area contributed by atoms with E-state index in [1.165, 1.54) is 0 Å². The maximum absolute atomic E-state index is 13.2. The van der Waals surface area contributed by atoms with Crippen LogP contribution in [0.2, 0.25) is 0 Å². The van der Waals surface area contributed by atoms with Crippen LogP contribution in [-0.2, 0) is 9.47 Å². The monoisotopic (exact) mass is 292 g/mol. The average Bonchev–Trinajstić information content (AvgIpc) is 2.47. The predicted molar refractivity (Wildman–Crippen MR) is 81.2 cm³/mol. The molecule has 2 rings (SSSR count). The van der Waals surface area contributed by atoms with Crippen molar-refractivity contribution in [3.05, 3.63) is 28.8 Å². The summed E-state index contributed by atoms with van der Waals surface area (Å²) >= 11 is 0. The lowest BCUT2D eigenvalue weighted by molar-refractivity contribution is -0.0823. The van der Waals surface area contributed by atoms with Gasteiger partial charge >= 0.3 is 0 Å². The quantitative estimate of drug-likeness (QED) is 0.782. The van der Waals surface area contributed by atoms with Crippen LogP contribution in [0.5, 0.6) is 5.75 Å². The van der Waals surface area contributed by atoms with Crippen LogP contribution in [-0.4, -0.2) is 38.3 Å². The molecular weight excluding hydrogens is 268 g/mol. The largest absolute Gasteiger partial charge is 0.496 e. The summed E-state index contributed by atoms with van der Waals surface area (Å²) in [7, 11) is 1.60. The zero-order chi connectivity index (χ0) is 15.5. The van der Waals surface area contributed by atoms with Gasteiger partial charge in [-0.15, -0.1) is 0 Å². The highest BCUT2D eigenvalue weighted by molar-refractivity contribution is 6.06. The molecule has 1 aromatic carbocycles. The lowest BCUT2D eigenvalue weighted by Crippen LogP contribution is -2.46. The van der Waals surface area contributed by atoms with E-state index >= 15 is 0 Å². The molecule has 4 nitrogen and oxygen atoms in total. The van der Waals surface area contributed by atoms with Gasteiger partial charge in [0, 0.05) is 32.7 Å². The number of ether oxygens (including phenoxy) is 3. The van der Waals surface area contributed by atoms with E-state index in [0.717, 1.165) is 11.1 Å². The molecule has 0 amide bonds. The van der Waals surface area contributed by atoms with Crippen LogP contribution in [0.3, 0.4) is 0 Å². The van der Waals surface area contributed by atoms with Crippen molar-refractivity contribution >= 4 is 5.78 Å². The van der Waals surface area contributed by atoms with Crippen molar-refractivity contribution in [2.75, 3.05) is 26.9 Å². The first-order valence-electron chi connectivity index (χ1n) is 7.46. The third kappa shape index (κ3) is 3.11. The van der Waals surface area contributed by atoms with E-state index in [-0.39, 0.29) is 5.78 Å². The second kappa shape index (κ2) is 6.58. The predicted octanol–water partition coefficient (Wildman–Crippen LogP) is 3.08. The topological polar surface area (TPSA) is 44.8 Å². The molecule has 0 radical (unpaired) electrons. The summed E-state index contributed by atoms with van der Waals surface area (Å²) in [5, 5.41) is 0. The number of methoxy groups -OCH3 is 1. The Balaban J connectivity index is 2.46. The maximum Gasteiger partial charge on any atom is 0.198 e. The Morgan fingerprint density at radius 2 is 1.95 bits per heavy atom. The molecule has 0 unspecified atom stereocenters. The molecular formula is C17H24O4. The van der Waals surface area contributed by atoms with E-state index < -0.39 is 5.60 Å². The molecule has 1 heterocycles. The fourth-order valence-electron chi connectivity index (χ4n) is 3.02. The van der Waals surface area contributed by atoms with Crippen LogP contribution in [0.1, 0.15) is 41.3 Å². The van der Waals surface area contributed by atoms with Gasteiger partial charge in [-0.05, 0) is 38.0 Å². The van der Waals surface area contributed by atoms with Crippen LogP contribution in [0.25, 0.3) is 0 Å². The highest BCUT2D eigenvalue weighted by Gasteiger charge is 2.42. The molecule has 0 aromatic heterocycles. The molecule has 0 bridgehead atoms. The lowest BCUT2D eigenvalue weighted by atomic mass is 9.83. The van der Waals surface area contributed by atoms with Gasteiger partial charge in [0.15, 0.2) is 5.78 Å². The lowest BCUT2D eigenvalue weighted by Gasteiger charge is -2.36. The zero-order valence-electron chi connectivity index (χ0n) is 13.3. The highest BCUT2D eigenvalue weighted by Crippen LogP contribution is 2.34. The number of carbonyl (C=O) groups excluding carboxylic acids is 1. The van der Waals surface area contributed by atoms with E-state index in [0.29, 0.717) is 44.0 Å². The SMILES string of the molecule is CCOC1(C(=O)c2c(C)cc(C)cc2OC)CCOCC1. The second-order valence-corrected chi connectivity index (χ2v) is 5.53. The van der Waals surface area contributed by atoms with Gasteiger partial charge in [0.1, 0.15) is 11.4 Å². The van der Waals surface area contributed by atoms with Gasteiger partial charge in [-0.2, -0.15) is 0 Å². The van der Waals surface area contributed by atoms with Gasteiger partial charge < -0.3 is 14.2 Å². The van der Waals surface area contributed by atoms with Crippen LogP contribution in [0, 0.1) is 13.8 Å². The second-order valence-electron chi connectivity index (χ2n) is 5.53. The van der Waals surface area contributed by atoms with Crippen molar-refractivity contribution in [2.45, 2.75) is 39.2 Å². The summed E-state index contributed by atoms with van der Waals surface area (Å²) in [6.45, 7) is 7.48. The first-order valence-corrected chi connectivity index (χ1v) is 7.46. The smallest absolute Gasteiger partial charge is 0.198 e. The first kappa shape index (κ1) is 16.0. The Hall–Kier alpha value is -1.39. The molecule has 0 atom stereocenters. The molecule has 0 saturated carbocycles. The summed E-state index contributed by atoms with van der Waals surface area (Å²) in [5.41, 5.74) is 1.87. The Bertz CT molecular complexity index is 510. The zero-order valence-corrected chi connectivity index (χ0v) is 13.3. The normalized spacial score (nSPS) is 17.5. The maximum atomic E-state index is 13.2. The van der Waals surface area contributed by atoms with Crippen molar-refractivity contribution in [1.82, 2.24) is 0 Å². The van der Waals surface area contributed by atoms with E-state index in [4.69, 9.17) is 14.2 Å².